The lowest BCUT2D eigenvalue weighted by Crippen LogP contribution is -2.41. The minimum atomic E-state index is -0.600. The Morgan fingerprint density at radius 1 is 1.48 bits per heavy atom. The molecule has 7 heteroatoms. The van der Waals surface area contributed by atoms with Gasteiger partial charge >= 0.3 is 5.97 Å². The number of hydrogen-bond acceptors (Lipinski definition) is 5. The number of nitrogens with zero attached hydrogens (tertiary/aromatic N) is 2. The number of nitro benzene ring substituents is 1. The first kappa shape index (κ1) is 15.0. The zero-order valence-electron chi connectivity index (χ0n) is 11.7. The zero-order valence-corrected chi connectivity index (χ0v) is 11.7. The number of non-ortho nitro benzene ring substituents is 1. The maximum Gasteiger partial charge on any atom is 0.328 e. The molecule has 1 aromatic rings. The van der Waals surface area contributed by atoms with Gasteiger partial charge in [0.15, 0.2) is 0 Å². The molecule has 1 aliphatic rings. The second-order valence-corrected chi connectivity index (χ2v) is 4.72. The van der Waals surface area contributed by atoms with Gasteiger partial charge in [0, 0.05) is 24.2 Å². The molecule has 0 aromatic heterocycles. The summed E-state index contributed by atoms with van der Waals surface area (Å²) in [5.74, 6) is -0.803. The highest BCUT2D eigenvalue weighted by atomic mass is 16.6. The number of ether oxygens (including phenoxy) is 1. The summed E-state index contributed by atoms with van der Waals surface area (Å²) in [5.41, 5.74) is 0.0631. The number of carbonyl (C=O) groups is 2. The van der Waals surface area contributed by atoms with Gasteiger partial charge in [-0.1, -0.05) is 6.07 Å². The third kappa shape index (κ3) is 3.18. The van der Waals surface area contributed by atoms with Gasteiger partial charge < -0.3 is 9.64 Å². The van der Waals surface area contributed by atoms with Crippen molar-refractivity contribution >= 4 is 17.6 Å². The molecule has 0 aliphatic carbocycles. The van der Waals surface area contributed by atoms with Crippen LogP contribution in [0.1, 0.15) is 30.1 Å². The second kappa shape index (κ2) is 6.34. The van der Waals surface area contributed by atoms with Crippen molar-refractivity contribution in [3.05, 3.63) is 39.9 Å². The Kier molecular flexibility index (Phi) is 4.52. The normalized spacial score (nSPS) is 17.6. The van der Waals surface area contributed by atoms with Gasteiger partial charge in [0.1, 0.15) is 6.04 Å². The molecular weight excluding hydrogens is 276 g/mol. The lowest BCUT2D eigenvalue weighted by Gasteiger charge is -2.23. The van der Waals surface area contributed by atoms with Gasteiger partial charge in [-0.2, -0.15) is 0 Å². The fraction of sp³-hybridized carbons (Fsp3) is 0.429. The largest absolute Gasteiger partial charge is 0.464 e. The van der Waals surface area contributed by atoms with Crippen molar-refractivity contribution in [2.45, 2.75) is 25.8 Å². The van der Waals surface area contributed by atoms with Crippen molar-refractivity contribution in [3.63, 3.8) is 0 Å². The lowest BCUT2D eigenvalue weighted by atomic mass is 10.1. The molecule has 21 heavy (non-hydrogen) atoms. The molecule has 0 bridgehead atoms. The van der Waals surface area contributed by atoms with E-state index in [1.165, 1.54) is 29.2 Å². The Morgan fingerprint density at radius 3 is 2.90 bits per heavy atom. The van der Waals surface area contributed by atoms with E-state index in [2.05, 4.69) is 0 Å². The van der Waals surface area contributed by atoms with Crippen molar-refractivity contribution < 1.29 is 19.2 Å². The molecule has 1 unspecified atom stereocenters. The van der Waals surface area contributed by atoms with Crippen LogP contribution in [-0.2, 0) is 9.53 Å². The van der Waals surface area contributed by atoms with Crippen LogP contribution in [0.25, 0.3) is 0 Å². The number of benzene rings is 1. The van der Waals surface area contributed by atoms with Gasteiger partial charge in [-0.3, -0.25) is 14.9 Å². The molecule has 7 nitrogen and oxygen atoms in total. The highest BCUT2D eigenvalue weighted by Gasteiger charge is 2.35. The summed E-state index contributed by atoms with van der Waals surface area (Å²) >= 11 is 0. The fourth-order valence-corrected chi connectivity index (χ4v) is 2.41. The molecule has 1 amide bonds. The minimum absolute atomic E-state index is 0.146. The van der Waals surface area contributed by atoms with Gasteiger partial charge in [-0.25, -0.2) is 4.79 Å². The van der Waals surface area contributed by atoms with E-state index < -0.39 is 16.9 Å². The van der Waals surface area contributed by atoms with E-state index in [4.69, 9.17) is 4.74 Å². The quantitative estimate of drug-likeness (QED) is 0.479. The lowest BCUT2D eigenvalue weighted by molar-refractivity contribution is -0.384. The minimum Gasteiger partial charge on any atom is -0.464 e. The Labute approximate surface area is 121 Å². The van der Waals surface area contributed by atoms with Gasteiger partial charge in [-0.15, -0.1) is 0 Å². The predicted octanol–water partition coefficient (Wildman–Crippen LogP) is 1.76. The molecule has 1 aromatic carbocycles. The summed E-state index contributed by atoms with van der Waals surface area (Å²) in [5, 5.41) is 10.8. The van der Waals surface area contributed by atoms with E-state index in [0.717, 1.165) is 0 Å². The highest BCUT2D eigenvalue weighted by molar-refractivity contribution is 5.97. The molecule has 1 atom stereocenters. The monoisotopic (exact) mass is 292 g/mol. The van der Waals surface area contributed by atoms with Crippen LogP contribution >= 0.6 is 0 Å². The molecule has 1 saturated heterocycles. The first-order valence-corrected chi connectivity index (χ1v) is 6.76. The Morgan fingerprint density at radius 2 is 2.24 bits per heavy atom. The van der Waals surface area contributed by atoms with E-state index in [9.17, 15) is 19.7 Å². The molecule has 0 radical (unpaired) electrons. The van der Waals surface area contributed by atoms with E-state index in [-0.39, 0.29) is 23.8 Å². The number of hydrogen-bond donors (Lipinski definition) is 0. The highest BCUT2D eigenvalue weighted by Crippen LogP contribution is 2.23. The van der Waals surface area contributed by atoms with Gasteiger partial charge in [-0.05, 0) is 25.8 Å². The number of nitro groups is 1. The molecule has 2 rings (SSSR count). The summed E-state index contributed by atoms with van der Waals surface area (Å²) < 4.78 is 4.96. The Bertz CT molecular complexity index is 572. The number of carbonyl (C=O) groups excluding carboxylic acids is 2. The smallest absolute Gasteiger partial charge is 0.328 e. The van der Waals surface area contributed by atoms with E-state index in [1.807, 2.05) is 0 Å². The van der Waals surface area contributed by atoms with Gasteiger partial charge in [0.2, 0.25) is 0 Å². The summed E-state index contributed by atoms with van der Waals surface area (Å²) in [7, 11) is 0. The molecule has 0 spiro atoms. The average molecular weight is 292 g/mol. The maximum absolute atomic E-state index is 12.4. The number of esters is 1. The summed E-state index contributed by atoms with van der Waals surface area (Å²) in [6.45, 7) is 2.42. The number of rotatable bonds is 4. The number of amides is 1. The van der Waals surface area contributed by atoms with Crippen LogP contribution in [0.15, 0.2) is 24.3 Å². The SMILES string of the molecule is CCOC(=O)C1CCCN1C(=O)c1cccc([N+](=O)[O-])c1. The molecule has 1 aliphatic heterocycles. The molecule has 1 heterocycles. The summed E-state index contributed by atoms with van der Waals surface area (Å²) in [6.07, 6.45) is 1.27. The van der Waals surface area contributed by atoms with Crippen LogP contribution < -0.4 is 0 Å². The van der Waals surface area contributed by atoms with Crippen molar-refractivity contribution in [1.29, 1.82) is 0 Å². The van der Waals surface area contributed by atoms with Crippen molar-refractivity contribution in [2.24, 2.45) is 0 Å². The maximum atomic E-state index is 12.4. The third-order valence-electron chi connectivity index (χ3n) is 3.38. The Balaban J connectivity index is 2.20. The fourth-order valence-electron chi connectivity index (χ4n) is 2.41. The van der Waals surface area contributed by atoms with Crippen LogP contribution in [-0.4, -0.2) is 40.9 Å². The Hall–Kier alpha value is -2.44. The predicted molar refractivity (Wildman–Crippen MR) is 73.8 cm³/mol. The van der Waals surface area contributed by atoms with Crippen LogP contribution in [0.2, 0.25) is 0 Å². The molecule has 112 valence electrons. The topological polar surface area (TPSA) is 89.8 Å². The van der Waals surface area contributed by atoms with Crippen LogP contribution in [0, 0.1) is 10.1 Å². The first-order chi connectivity index (χ1) is 10.0. The molecule has 0 saturated carbocycles. The van der Waals surface area contributed by atoms with Crippen molar-refractivity contribution in [3.8, 4) is 0 Å². The molecule has 0 N–H and O–H groups in total. The van der Waals surface area contributed by atoms with E-state index in [0.29, 0.717) is 19.4 Å². The van der Waals surface area contributed by atoms with E-state index in [1.54, 1.807) is 6.92 Å². The number of likely N-dealkylation sites (tertiary alicyclic amines) is 1. The average Bonchev–Trinajstić information content (AvgIpc) is 2.96. The van der Waals surface area contributed by atoms with Crippen LogP contribution in [0.4, 0.5) is 5.69 Å². The summed E-state index contributed by atoms with van der Waals surface area (Å²) in [4.78, 5) is 35.9. The van der Waals surface area contributed by atoms with Crippen molar-refractivity contribution in [1.82, 2.24) is 4.90 Å². The zero-order chi connectivity index (χ0) is 15.4. The second-order valence-electron chi connectivity index (χ2n) is 4.72. The van der Waals surface area contributed by atoms with Gasteiger partial charge in [0.25, 0.3) is 11.6 Å². The standard InChI is InChI=1S/C14H16N2O5/c1-2-21-14(18)12-7-4-8-15(12)13(17)10-5-3-6-11(9-10)16(19)20/h3,5-6,9,12H,2,4,7-8H2,1H3. The van der Waals surface area contributed by atoms with E-state index >= 15 is 0 Å². The molecular formula is C14H16N2O5. The van der Waals surface area contributed by atoms with Gasteiger partial charge in [0.05, 0.1) is 11.5 Å². The molecule has 1 fully saturated rings. The first-order valence-electron chi connectivity index (χ1n) is 6.76. The van der Waals surface area contributed by atoms with Crippen LogP contribution in [0.5, 0.6) is 0 Å². The van der Waals surface area contributed by atoms with Crippen molar-refractivity contribution in [2.75, 3.05) is 13.2 Å². The summed E-state index contributed by atoms with van der Waals surface area (Å²) in [6, 6.07) is 4.92. The third-order valence-corrected chi connectivity index (χ3v) is 3.38. The van der Waals surface area contributed by atoms with Crippen LogP contribution in [0.3, 0.4) is 0 Å².